The van der Waals surface area contributed by atoms with Crippen LogP contribution in [0.3, 0.4) is 0 Å². The summed E-state index contributed by atoms with van der Waals surface area (Å²) in [4.78, 5) is 21.1. The second kappa shape index (κ2) is 5.13. The summed E-state index contributed by atoms with van der Waals surface area (Å²) in [5.74, 6) is -9.47. The molecule has 8 heteroatoms. The standard InChI is InChI=1S/C8H11F4NO3/c1-3(5(14)15)4(2)13-7(16)8(11,12)6(9)10/h3-4,6H,1-2H3,(H,13,16)(H,14,15). The van der Waals surface area contributed by atoms with Crippen LogP contribution in [-0.4, -0.2) is 35.4 Å². The largest absolute Gasteiger partial charge is 0.481 e. The highest BCUT2D eigenvalue weighted by atomic mass is 19.3. The summed E-state index contributed by atoms with van der Waals surface area (Å²) in [6.07, 6.45) is -4.13. The van der Waals surface area contributed by atoms with Gasteiger partial charge in [-0.15, -0.1) is 0 Å². The summed E-state index contributed by atoms with van der Waals surface area (Å²) in [7, 11) is 0. The van der Waals surface area contributed by atoms with Crippen molar-refractivity contribution in [1.82, 2.24) is 5.32 Å². The number of carboxylic acids is 1. The Morgan fingerprint density at radius 1 is 1.25 bits per heavy atom. The van der Waals surface area contributed by atoms with E-state index in [1.54, 1.807) is 0 Å². The molecule has 0 bridgehead atoms. The summed E-state index contributed by atoms with van der Waals surface area (Å²) < 4.78 is 48.4. The second-order valence-corrected chi connectivity index (χ2v) is 3.31. The Labute approximate surface area is 88.6 Å². The van der Waals surface area contributed by atoms with E-state index in [9.17, 15) is 27.2 Å². The predicted molar refractivity (Wildman–Crippen MR) is 45.4 cm³/mol. The van der Waals surface area contributed by atoms with E-state index in [-0.39, 0.29) is 0 Å². The third kappa shape index (κ3) is 3.35. The number of hydrogen-bond acceptors (Lipinski definition) is 2. The van der Waals surface area contributed by atoms with Crippen molar-refractivity contribution < 1.29 is 32.3 Å². The maximum atomic E-state index is 12.5. The lowest BCUT2D eigenvalue weighted by atomic mass is 10.0. The predicted octanol–water partition coefficient (Wildman–Crippen LogP) is 1.11. The molecule has 0 aliphatic heterocycles. The monoisotopic (exact) mass is 245 g/mol. The van der Waals surface area contributed by atoms with Gasteiger partial charge in [-0.05, 0) is 13.8 Å². The Hall–Kier alpha value is -1.34. The molecule has 0 aliphatic rings. The summed E-state index contributed by atoms with van der Waals surface area (Å²) in [5, 5.41) is 10.0. The molecule has 2 atom stereocenters. The number of carbonyl (C=O) groups excluding carboxylic acids is 1. The van der Waals surface area contributed by atoms with Crippen LogP contribution in [0.4, 0.5) is 17.6 Å². The van der Waals surface area contributed by atoms with Crippen LogP contribution in [0.15, 0.2) is 0 Å². The SMILES string of the molecule is CC(NC(=O)C(F)(F)C(F)F)C(C)C(=O)O. The first-order valence-electron chi connectivity index (χ1n) is 4.30. The van der Waals surface area contributed by atoms with Gasteiger partial charge in [0.2, 0.25) is 0 Å². The third-order valence-electron chi connectivity index (χ3n) is 2.08. The Morgan fingerprint density at radius 2 is 1.69 bits per heavy atom. The summed E-state index contributed by atoms with van der Waals surface area (Å²) in [5.41, 5.74) is 0. The molecule has 0 radical (unpaired) electrons. The zero-order valence-corrected chi connectivity index (χ0v) is 8.51. The van der Waals surface area contributed by atoms with Crippen LogP contribution in [0.1, 0.15) is 13.8 Å². The minimum absolute atomic E-state index is 1.14. The number of amides is 1. The number of hydrogen-bond donors (Lipinski definition) is 2. The smallest absolute Gasteiger partial charge is 0.383 e. The number of aliphatic carboxylic acids is 1. The maximum absolute atomic E-state index is 12.5. The molecule has 4 nitrogen and oxygen atoms in total. The highest BCUT2D eigenvalue weighted by molar-refractivity contribution is 5.84. The van der Waals surface area contributed by atoms with Crippen molar-refractivity contribution in [3.05, 3.63) is 0 Å². The van der Waals surface area contributed by atoms with Gasteiger partial charge in [-0.3, -0.25) is 9.59 Å². The minimum atomic E-state index is -4.81. The van der Waals surface area contributed by atoms with Crippen molar-refractivity contribution in [1.29, 1.82) is 0 Å². The van der Waals surface area contributed by atoms with Crippen LogP contribution < -0.4 is 5.32 Å². The third-order valence-corrected chi connectivity index (χ3v) is 2.08. The van der Waals surface area contributed by atoms with Crippen molar-refractivity contribution in [2.75, 3.05) is 0 Å². The van der Waals surface area contributed by atoms with E-state index in [4.69, 9.17) is 5.11 Å². The van der Waals surface area contributed by atoms with Gasteiger partial charge in [0, 0.05) is 6.04 Å². The molecule has 0 heterocycles. The van der Waals surface area contributed by atoms with Crippen LogP contribution in [0.5, 0.6) is 0 Å². The fourth-order valence-electron chi connectivity index (χ4n) is 0.741. The van der Waals surface area contributed by atoms with Gasteiger partial charge >= 0.3 is 18.3 Å². The normalized spacial score (nSPS) is 15.7. The van der Waals surface area contributed by atoms with Gasteiger partial charge < -0.3 is 10.4 Å². The van der Waals surface area contributed by atoms with Crippen LogP contribution >= 0.6 is 0 Å². The lowest BCUT2D eigenvalue weighted by Crippen LogP contribution is -2.50. The highest BCUT2D eigenvalue weighted by Crippen LogP contribution is 2.23. The van der Waals surface area contributed by atoms with Crippen molar-refractivity contribution >= 4 is 11.9 Å². The van der Waals surface area contributed by atoms with E-state index < -0.39 is 36.2 Å². The average molecular weight is 245 g/mol. The number of alkyl halides is 4. The molecule has 0 fully saturated rings. The maximum Gasteiger partial charge on any atom is 0.383 e. The molecular formula is C8H11F4NO3. The average Bonchev–Trinajstić information content (AvgIpc) is 2.15. The first-order valence-corrected chi connectivity index (χ1v) is 4.30. The number of halogens is 4. The summed E-state index contributed by atoms with van der Waals surface area (Å²) >= 11 is 0. The second-order valence-electron chi connectivity index (χ2n) is 3.31. The highest BCUT2D eigenvalue weighted by Gasteiger charge is 2.49. The fraction of sp³-hybridized carbons (Fsp3) is 0.750. The first-order chi connectivity index (χ1) is 7.10. The molecule has 0 rings (SSSR count). The van der Waals surface area contributed by atoms with Crippen LogP contribution in [0.2, 0.25) is 0 Å². The summed E-state index contributed by atoms with van der Waals surface area (Å²) in [6.45, 7) is 2.30. The van der Waals surface area contributed by atoms with E-state index in [1.807, 2.05) is 0 Å². The van der Waals surface area contributed by atoms with Crippen molar-refractivity contribution in [2.24, 2.45) is 5.92 Å². The van der Waals surface area contributed by atoms with E-state index in [0.717, 1.165) is 13.8 Å². The molecule has 94 valence electrons. The lowest BCUT2D eigenvalue weighted by molar-refractivity contribution is -0.170. The van der Waals surface area contributed by atoms with Crippen LogP contribution in [0.25, 0.3) is 0 Å². The fourth-order valence-corrected chi connectivity index (χ4v) is 0.741. The van der Waals surface area contributed by atoms with E-state index in [0.29, 0.717) is 0 Å². The van der Waals surface area contributed by atoms with Crippen molar-refractivity contribution in [3.63, 3.8) is 0 Å². The molecule has 2 N–H and O–H groups in total. The van der Waals surface area contributed by atoms with Gasteiger partial charge in [-0.1, -0.05) is 0 Å². The molecular weight excluding hydrogens is 234 g/mol. The number of carboxylic acid groups (broad SMARTS) is 1. The van der Waals surface area contributed by atoms with Crippen LogP contribution in [0, 0.1) is 5.92 Å². The van der Waals surface area contributed by atoms with Gasteiger partial charge in [0.05, 0.1) is 5.92 Å². The zero-order chi connectivity index (χ0) is 13.1. The van der Waals surface area contributed by atoms with Gasteiger partial charge in [-0.2, -0.15) is 8.78 Å². The number of carbonyl (C=O) groups is 2. The van der Waals surface area contributed by atoms with Gasteiger partial charge in [0.25, 0.3) is 5.91 Å². The van der Waals surface area contributed by atoms with Crippen molar-refractivity contribution in [3.8, 4) is 0 Å². The molecule has 0 saturated carbocycles. The molecule has 0 aromatic heterocycles. The van der Waals surface area contributed by atoms with Crippen LogP contribution in [-0.2, 0) is 9.59 Å². The first kappa shape index (κ1) is 14.7. The molecule has 0 aliphatic carbocycles. The Morgan fingerprint density at radius 3 is 2.00 bits per heavy atom. The Balaban J connectivity index is 4.52. The molecule has 1 amide bonds. The quantitative estimate of drug-likeness (QED) is 0.713. The van der Waals surface area contributed by atoms with Gasteiger partial charge in [-0.25, -0.2) is 8.78 Å². The van der Waals surface area contributed by atoms with E-state index >= 15 is 0 Å². The zero-order valence-electron chi connectivity index (χ0n) is 8.51. The Bertz CT molecular complexity index is 282. The van der Waals surface area contributed by atoms with Gasteiger partial charge in [0.1, 0.15) is 0 Å². The number of nitrogens with one attached hydrogen (secondary N) is 1. The molecule has 0 aromatic carbocycles. The molecule has 16 heavy (non-hydrogen) atoms. The molecule has 0 aromatic rings. The van der Waals surface area contributed by atoms with E-state index in [2.05, 4.69) is 0 Å². The molecule has 0 saturated heterocycles. The minimum Gasteiger partial charge on any atom is -0.481 e. The topological polar surface area (TPSA) is 66.4 Å². The summed E-state index contributed by atoms with van der Waals surface area (Å²) in [6, 6.07) is -1.17. The Kier molecular flexibility index (Phi) is 4.70. The van der Waals surface area contributed by atoms with E-state index in [1.165, 1.54) is 5.32 Å². The molecule has 2 unspecified atom stereocenters. The molecule has 0 spiro atoms. The van der Waals surface area contributed by atoms with Crippen molar-refractivity contribution in [2.45, 2.75) is 32.2 Å². The van der Waals surface area contributed by atoms with Gasteiger partial charge in [0.15, 0.2) is 0 Å². The number of rotatable bonds is 5. The lowest BCUT2D eigenvalue weighted by Gasteiger charge is -2.21.